The van der Waals surface area contributed by atoms with Gasteiger partial charge in [-0.05, 0) is 42.2 Å². The molecule has 0 unspecified atom stereocenters. The van der Waals surface area contributed by atoms with Crippen LogP contribution in [0, 0.1) is 0 Å². The second-order valence-electron chi connectivity index (χ2n) is 7.13. The highest BCUT2D eigenvalue weighted by molar-refractivity contribution is 5.89. The van der Waals surface area contributed by atoms with Crippen molar-refractivity contribution in [1.29, 1.82) is 0 Å². The summed E-state index contributed by atoms with van der Waals surface area (Å²) < 4.78 is 0. The van der Waals surface area contributed by atoms with Crippen molar-refractivity contribution in [3.8, 4) is 0 Å². The monoisotopic (exact) mass is 385 g/mol. The van der Waals surface area contributed by atoms with Crippen LogP contribution in [0.15, 0.2) is 73.1 Å². The number of nitrogens with two attached hydrogens (primary N) is 1. The molecular weight excluding hydrogens is 362 g/mol. The number of aromatic carboxylic acids is 1. The van der Waals surface area contributed by atoms with E-state index in [1.54, 1.807) is 30.5 Å². The van der Waals surface area contributed by atoms with E-state index in [1.807, 2.05) is 12.3 Å². The van der Waals surface area contributed by atoms with E-state index in [0.29, 0.717) is 0 Å². The molecule has 2 heterocycles. The van der Waals surface area contributed by atoms with Crippen molar-refractivity contribution < 1.29 is 9.90 Å². The molecule has 0 saturated carbocycles. The first-order valence-corrected chi connectivity index (χ1v) is 9.70. The lowest BCUT2D eigenvalue weighted by atomic mass is 9.93. The zero-order chi connectivity index (χ0) is 20.2. The van der Waals surface area contributed by atoms with E-state index in [9.17, 15) is 4.79 Å². The molecule has 5 nitrogen and oxygen atoms in total. The fourth-order valence-corrected chi connectivity index (χ4v) is 3.90. The molecule has 1 aliphatic rings. The molecular formula is C24H23N3O2. The van der Waals surface area contributed by atoms with Crippen molar-refractivity contribution in [2.45, 2.75) is 19.4 Å². The van der Waals surface area contributed by atoms with Gasteiger partial charge in [-0.15, -0.1) is 0 Å². The molecule has 0 aliphatic carbocycles. The number of pyridine rings is 1. The zero-order valence-electron chi connectivity index (χ0n) is 16.1. The molecule has 0 bridgehead atoms. The Hall–Kier alpha value is -3.60. The first kappa shape index (κ1) is 18.7. The lowest BCUT2D eigenvalue weighted by Crippen LogP contribution is -2.29. The molecule has 1 aromatic heterocycles. The Morgan fingerprint density at radius 3 is 2.48 bits per heavy atom. The number of rotatable bonds is 5. The Morgan fingerprint density at radius 1 is 1.07 bits per heavy atom. The maximum atomic E-state index is 11.1. The van der Waals surface area contributed by atoms with Crippen LogP contribution in [0.2, 0.25) is 0 Å². The van der Waals surface area contributed by atoms with Crippen LogP contribution in [0.4, 0.5) is 5.69 Å². The van der Waals surface area contributed by atoms with Crippen LogP contribution < -0.4 is 10.6 Å². The molecule has 3 N–H and O–H groups in total. The molecule has 146 valence electrons. The first-order chi connectivity index (χ1) is 14.2. The number of carboxylic acid groups (broad SMARTS) is 1. The number of carbonyl (C=O) groups is 1. The van der Waals surface area contributed by atoms with Crippen LogP contribution in [-0.4, -0.2) is 22.6 Å². The molecule has 0 saturated heterocycles. The molecule has 0 amide bonds. The predicted molar refractivity (Wildman–Crippen MR) is 115 cm³/mol. The van der Waals surface area contributed by atoms with Crippen molar-refractivity contribution in [3.05, 3.63) is 101 Å². The van der Waals surface area contributed by atoms with Gasteiger partial charge in [0, 0.05) is 42.3 Å². The van der Waals surface area contributed by atoms with Gasteiger partial charge in [0.05, 0.1) is 11.3 Å². The number of hydrogen-bond donors (Lipinski definition) is 2. The first-order valence-electron chi connectivity index (χ1n) is 9.70. The minimum absolute atomic E-state index is 0.252. The highest BCUT2D eigenvalue weighted by Gasteiger charge is 2.22. The topological polar surface area (TPSA) is 79.5 Å². The van der Waals surface area contributed by atoms with E-state index in [2.05, 4.69) is 40.2 Å². The molecule has 0 fully saturated rings. The summed E-state index contributed by atoms with van der Waals surface area (Å²) in [5.41, 5.74) is 12.4. The highest BCUT2D eigenvalue weighted by atomic mass is 16.4. The van der Waals surface area contributed by atoms with Gasteiger partial charge in [0.15, 0.2) is 0 Å². The van der Waals surface area contributed by atoms with E-state index in [1.165, 1.54) is 16.8 Å². The maximum Gasteiger partial charge on any atom is 0.335 e. The fraction of sp³-hybridized carbons (Fsp3) is 0.167. The van der Waals surface area contributed by atoms with E-state index >= 15 is 0 Å². The molecule has 0 spiro atoms. The summed E-state index contributed by atoms with van der Waals surface area (Å²) >= 11 is 0. The molecule has 5 heteroatoms. The summed E-state index contributed by atoms with van der Waals surface area (Å²) in [6, 6.07) is 19.3. The largest absolute Gasteiger partial charge is 0.478 e. The van der Waals surface area contributed by atoms with Gasteiger partial charge in [0.2, 0.25) is 0 Å². The van der Waals surface area contributed by atoms with Gasteiger partial charge in [-0.3, -0.25) is 4.98 Å². The molecule has 3 aromatic rings. The third kappa shape index (κ3) is 3.85. The van der Waals surface area contributed by atoms with Gasteiger partial charge in [0.1, 0.15) is 0 Å². The van der Waals surface area contributed by atoms with Gasteiger partial charge in [-0.25, -0.2) is 4.79 Å². The van der Waals surface area contributed by atoms with Crippen molar-refractivity contribution in [3.63, 3.8) is 0 Å². The molecule has 0 atom stereocenters. The Bertz CT molecular complexity index is 1040. The van der Waals surface area contributed by atoms with Crippen molar-refractivity contribution >= 4 is 17.2 Å². The Balaban J connectivity index is 1.70. The van der Waals surface area contributed by atoms with E-state index in [4.69, 9.17) is 10.8 Å². The van der Waals surface area contributed by atoms with Crippen LogP contribution >= 0.6 is 0 Å². The van der Waals surface area contributed by atoms with Gasteiger partial charge in [-0.2, -0.15) is 0 Å². The van der Waals surface area contributed by atoms with Gasteiger partial charge in [-0.1, -0.05) is 42.5 Å². The second-order valence-corrected chi connectivity index (χ2v) is 7.13. The third-order valence-corrected chi connectivity index (χ3v) is 5.31. The van der Waals surface area contributed by atoms with Crippen molar-refractivity contribution in [1.82, 2.24) is 4.98 Å². The van der Waals surface area contributed by atoms with Gasteiger partial charge >= 0.3 is 5.97 Å². The molecule has 0 radical (unpaired) electrons. The lowest BCUT2D eigenvalue weighted by molar-refractivity contribution is 0.0697. The SMILES string of the molecule is NC=C(c1ccc(C(=O)O)cc1)c1nccc2c1CCCN2Cc1ccccc1. The van der Waals surface area contributed by atoms with Crippen LogP contribution in [0.3, 0.4) is 0 Å². The summed E-state index contributed by atoms with van der Waals surface area (Å²) in [7, 11) is 0. The maximum absolute atomic E-state index is 11.1. The number of fused-ring (bicyclic) bond motifs is 1. The lowest BCUT2D eigenvalue weighted by Gasteiger charge is -2.32. The number of nitrogens with zero attached hydrogens (tertiary/aromatic N) is 2. The average molecular weight is 385 g/mol. The van der Waals surface area contributed by atoms with E-state index < -0.39 is 5.97 Å². The van der Waals surface area contributed by atoms with Crippen LogP contribution in [-0.2, 0) is 13.0 Å². The number of aromatic nitrogens is 1. The summed E-state index contributed by atoms with van der Waals surface area (Å²) in [6.45, 7) is 1.85. The second kappa shape index (κ2) is 8.19. The number of benzene rings is 2. The van der Waals surface area contributed by atoms with Crippen LogP contribution in [0.25, 0.3) is 5.57 Å². The van der Waals surface area contributed by atoms with E-state index in [0.717, 1.165) is 42.8 Å². The van der Waals surface area contributed by atoms with Crippen molar-refractivity contribution in [2.75, 3.05) is 11.4 Å². The van der Waals surface area contributed by atoms with Crippen LogP contribution in [0.5, 0.6) is 0 Å². The number of anilines is 1. The molecule has 4 rings (SSSR count). The quantitative estimate of drug-likeness (QED) is 0.692. The molecule has 1 aliphatic heterocycles. The molecule has 2 aromatic carbocycles. The Morgan fingerprint density at radius 2 is 1.79 bits per heavy atom. The summed E-state index contributed by atoms with van der Waals surface area (Å²) in [5.74, 6) is -0.943. The predicted octanol–water partition coefficient (Wildman–Crippen LogP) is 4.08. The summed E-state index contributed by atoms with van der Waals surface area (Å²) in [5, 5.41) is 9.14. The highest BCUT2D eigenvalue weighted by Crippen LogP contribution is 2.34. The van der Waals surface area contributed by atoms with Gasteiger partial charge in [0.25, 0.3) is 0 Å². The standard InChI is InChI=1S/C24H23N3O2/c25-15-21(18-8-10-19(11-9-18)24(28)29)23-20-7-4-14-27(22(20)12-13-26-23)16-17-5-2-1-3-6-17/h1-3,5-6,8-13,15H,4,7,14,16,25H2,(H,28,29). The average Bonchev–Trinajstić information content (AvgIpc) is 2.76. The summed E-state index contributed by atoms with van der Waals surface area (Å²) in [4.78, 5) is 18.2. The number of carboxylic acids is 1. The minimum atomic E-state index is -0.943. The van der Waals surface area contributed by atoms with Gasteiger partial charge < -0.3 is 15.7 Å². The molecule has 29 heavy (non-hydrogen) atoms. The van der Waals surface area contributed by atoms with Crippen molar-refractivity contribution in [2.24, 2.45) is 5.73 Å². The zero-order valence-corrected chi connectivity index (χ0v) is 16.1. The smallest absolute Gasteiger partial charge is 0.335 e. The fourth-order valence-electron chi connectivity index (χ4n) is 3.90. The third-order valence-electron chi connectivity index (χ3n) is 5.31. The van der Waals surface area contributed by atoms with E-state index in [-0.39, 0.29) is 5.56 Å². The Kier molecular flexibility index (Phi) is 5.29. The minimum Gasteiger partial charge on any atom is -0.478 e. The number of hydrogen-bond acceptors (Lipinski definition) is 4. The van der Waals surface area contributed by atoms with Crippen LogP contribution in [0.1, 0.15) is 39.2 Å². The summed E-state index contributed by atoms with van der Waals surface area (Å²) in [6.07, 6.45) is 5.38. The normalized spacial score (nSPS) is 13.8. The Labute approximate surface area is 170 Å².